The fraction of sp³-hybridized carbons (Fsp3) is 0.600. The van der Waals surface area contributed by atoms with Gasteiger partial charge in [0.25, 0.3) is 0 Å². The van der Waals surface area contributed by atoms with Crippen molar-refractivity contribution in [2.24, 2.45) is 0 Å². The molecule has 0 aliphatic carbocycles. The van der Waals surface area contributed by atoms with Gasteiger partial charge in [-0.15, -0.1) is 0 Å². The molecule has 0 aromatic carbocycles. The number of carbonyl (C=O) groups is 1. The molecule has 0 amide bonds. The van der Waals surface area contributed by atoms with E-state index in [1.165, 1.54) is 6.92 Å². The lowest BCUT2D eigenvalue weighted by atomic mass is 10.2. The van der Waals surface area contributed by atoms with Crippen molar-refractivity contribution in [3.63, 3.8) is 0 Å². The molecule has 1 rings (SSSR count). The van der Waals surface area contributed by atoms with Crippen LogP contribution >= 0.6 is 0 Å². The van der Waals surface area contributed by atoms with Gasteiger partial charge in [0.15, 0.2) is 5.69 Å². The Kier molecular flexibility index (Phi) is 4.14. The van der Waals surface area contributed by atoms with Crippen LogP contribution in [0.2, 0.25) is 0 Å². The molecule has 0 aliphatic heterocycles. The van der Waals surface area contributed by atoms with E-state index in [0.717, 1.165) is 10.9 Å². The molecule has 7 heteroatoms. The summed E-state index contributed by atoms with van der Waals surface area (Å²) in [5.41, 5.74) is -1.72. The fourth-order valence-corrected chi connectivity index (χ4v) is 1.33. The molecule has 0 saturated heterocycles. The van der Waals surface area contributed by atoms with Gasteiger partial charge < -0.3 is 4.74 Å². The normalized spacial score (nSPS) is 11.6. The van der Waals surface area contributed by atoms with Crippen molar-refractivity contribution in [2.75, 3.05) is 6.61 Å². The van der Waals surface area contributed by atoms with E-state index >= 15 is 0 Å². The predicted octanol–water partition coefficient (Wildman–Crippen LogP) is 2.49. The van der Waals surface area contributed by atoms with Crippen molar-refractivity contribution in [2.45, 2.75) is 33.0 Å². The smallest absolute Gasteiger partial charge is 0.436 e. The Bertz CT molecular complexity index is 399. The number of halogens is 3. The molecule has 0 bridgehead atoms. The van der Waals surface area contributed by atoms with E-state index < -0.39 is 23.4 Å². The van der Waals surface area contributed by atoms with Gasteiger partial charge in [0, 0.05) is 12.7 Å². The molecule has 1 aromatic heterocycles. The average molecular weight is 250 g/mol. The maximum absolute atomic E-state index is 12.6. The van der Waals surface area contributed by atoms with Gasteiger partial charge in [0.1, 0.15) is 5.56 Å². The minimum atomic E-state index is -4.65. The van der Waals surface area contributed by atoms with E-state index in [1.54, 1.807) is 6.92 Å². The lowest BCUT2D eigenvalue weighted by Crippen LogP contribution is -2.14. The van der Waals surface area contributed by atoms with Crippen LogP contribution in [-0.2, 0) is 17.5 Å². The molecule has 0 atom stereocenters. The zero-order valence-corrected chi connectivity index (χ0v) is 9.54. The summed E-state index contributed by atoms with van der Waals surface area (Å²) in [5, 5.41) is 3.37. The van der Waals surface area contributed by atoms with Crippen LogP contribution < -0.4 is 0 Å². The second kappa shape index (κ2) is 5.20. The monoisotopic (exact) mass is 250 g/mol. The lowest BCUT2D eigenvalue weighted by molar-refractivity contribution is -0.142. The number of hydrogen-bond acceptors (Lipinski definition) is 3. The van der Waals surface area contributed by atoms with Crippen LogP contribution in [-0.4, -0.2) is 22.4 Å². The van der Waals surface area contributed by atoms with Crippen molar-refractivity contribution >= 4 is 5.97 Å². The van der Waals surface area contributed by atoms with Crippen LogP contribution in [0.5, 0.6) is 0 Å². The van der Waals surface area contributed by atoms with E-state index in [1.807, 2.05) is 0 Å². The molecule has 0 fully saturated rings. The van der Waals surface area contributed by atoms with Crippen LogP contribution in [0.3, 0.4) is 0 Å². The zero-order valence-electron chi connectivity index (χ0n) is 9.54. The Hall–Kier alpha value is -1.53. The fourth-order valence-electron chi connectivity index (χ4n) is 1.33. The molecule has 0 N–H and O–H groups in total. The number of ether oxygens (including phenoxy) is 1. The molecule has 1 heterocycles. The number of alkyl halides is 3. The topological polar surface area (TPSA) is 44.1 Å². The maximum Gasteiger partial charge on any atom is 0.436 e. The first kappa shape index (κ1) is 13.5. The van der Waals surface area contributed by atoms with Gasteiger partial charge in [0.05, 0.1) is 6.61 Å². The minimum Gasteiger partial charge on any atom is -0.462 e. The highest BCUT2D eigenvalue weighted by Crippen LogP contribution is 2.31. The quantitative estimate of drug-likeness (QED) is 0.771. The molecule has 0 spiro atoms. The molecular weight excluding hydrogens is 237 g/mol. The highest BCUT2D eigenvalue weighted by molar-refractivity contribution is 5.90. The second-order valence-electron chi connectivity index (χ2n) is 3.37. The van der Waals surface area contributed by atoms with Gasteiger partial charge in [-0.05, 0) is 13.3 Å². The van der Waals surface area contributed by atoms with Gasteiger partial charge in [-0.25, -0.2) is 4.79 Å². The third-order valence-electron chi connectivity index (χ3n) is 1.98. The first-order valence-electron chi connectivity index (χ1n) is 5.21. The number of hydrogen-bond donors (Lipinski definition) is 0. The summed E-state index contributed by atoms with van der Waals surface area (Å²) in [7, 11) is 0. The SMILES string of the molecule is CCCn1cc(C(=O)OCC)c(C(F)(F)F)n1. The van der Waals surface area contributed by atoms with Crippen molar-refractivity contribution in [3.05, 3.63) is 17.5 Å². The van der Waals surface area contributed by atoms with Crippen molar-refractivity contribution in [1.82, 2.24) is 9.78 Å². The molecule has 17 heavy (non-hydrogen) atoms. The largest absolute Gasteiger partial charge is 0.462 e. The lowest BCUT2D eigenvalue weighted by Gasteiger charge is -2.05. The second-order valence-corrected chi connectivity index (χ2v) is 3.37. The summed E-state index contributed by atoms with van der Waals surface area (Å²) in [6, 6.07) is 0. The number of nitrogens with zero attached hydrogens (tertiary/aromatic N) is 2. The number of rotatable bonds is 4. The third-order valence-corrected chi connectivity index (χ3v) is 1.98. The van der Waals surface area contributed by atoms with Crippen LogP contribution in [0.25, 0.3) is 0 Å². The molecule has 1 aromatic rings. The molecule has 4 nitrogen and oxygen atoms in total. The third kappa shape index (κ3) is 3.21. The first-order chi connectivity index (χ1) is 7.90. The maximum atomic E-state index is 12.6. The van der Waals surface area contributed by atoms with Gasteiger partial charge in [-0.2, -0.15) is 18.3 Å². The van der Waals surface area contributed by atoms with Gasteiger partial charge in [-0.3, -0.25) is 4.68 Å². The highest BCUT2D eigenvalue weighted by atomic mass is 19.4. The van der Waals surface area contributed by atoms with Crippen molar-refractivity contribution in [3.8, 4) is 0 Å². The van der Waals surface area contributed by atoms with Crippen molar-refractivity contribution < 1.29 is 22.7 Å². The van der Waals surface area contributed by atoms with Crippen molar-refractivity contribution in [1.29, 1.82) is 0 Å². The Morgan fingerprint density at radius 1 is 1.47 bits per heavy atom. The number of esters is 1. The Labute approximate surface area is 96.4 Å². The molecular formula is C10H13F3N2O2. The Morgan fingerprint density at radius 2 is 2.12 bits per heavy atom. The summed E-state index contributed by atoms with van der Waals surface area (Å²) < 4.78 is 43.5. The molecule has 96 valence electrons. The van der Waals surface area contributed by atoms with E-state index in [2.05, 4.69) is 9.84 Å². The zero-order chi connectivity index (χ0) is 13.1. The predicted molar refractivity (Wildman–Crippen MR) is 53.5 cm³/mol. The van der Waals surface area contributed by atoms with Crippen LogP contribution in [0.1, 0.15) is 36.3 Å². The highest BCUT2D eigenvalue weighted by Gasteiger charge is 2.39. The van der Waals surface area contributed by atoms with Gasteiger partial charge >= 0.3 is 12.1 Å². The molecule has 0 unspecified atom stereocenters. The standard InChI is InChI=1S/C10H13F3N2O2/c1-3-5-15-6-7(9(16)17-4-2)8(14-15)10(11,12)13/h6H,3-5H2,1-2H3. The van der Waals surface area contributed by atoms with E-state index in [0.29, 0.717) is 13.0 Å². The minimum absolute atomic E-state index is 0.0229. The summed E-state index contributed by atoms with van der Waals surface area (Å²) in [6.07, 6.45) is -2.95. The molecule has 0 aliphatic rings. The summed E-state index contributed by atoms with van der Waals surface area (Å²) >= 11 is 0. The number of aromatic nitrogens is 2. The Balaban J connectivity index is 3.12. The summed E-state index contributed by atoms with van der Waals surface area (Å²) in [5.74, 6) is -0.998. The summed E-state index contributed by atoms with van der Waals surface area (Å²) in [4.78, 5) is 11.4. The van der Waals surface area contributed by atoms with Crippen LogP contribution in [0.4, 0.5) is 13.2 Å². The van der Waals surface area contributed by atoms with Crippen LogP contribution in [0, 0.1) is 0 Å². The molecule has 0 radical (unpaired) electrons. The van der Waals surface area contributed by atoms with Crippen LogP contribution in [0.15, 0.2) is 6.20 Å². The van der Waals surface area contributed by atoms with E-state index in [4.69, 9.17) is 0 Å². The van der Waals surface area contributed by atoms with Gasteiger partial charge in [0.2, 0.25) is 0 Å². The first-order valence-corrected chi connectivity index (χ1v) is 5.21. The average Bonchev–Trinajstić information content (AvgIpc) is 2.62. The number of carbonyl (C=O) groups excluding carboxylic acids is 1. The van der Waals surface area contributed by atoms with Gasteiger partial charge in [-0.1, -0.05) is 6.92 Å². The Morgan fingerprint density at radius 3 is 2.59 bits per heavy atom. The summed E-state index contributed by atoms with van der Waals surface area (Å²) in [6.45, 7) is 3.68. The van der Waals surface area contributed by atoms with E-state index in [9.17, 15) is 18.0 Å². The number of aryl methyl sites for hydroxylation is 1. The van der Waals surface area contributed by atoms with E-state index in [-0.39, 0.29) is 6.61 Å². The molecule has 0 saturated carbocycles.